The van der Waals surface area contributed by atoms with Crippen LogP contribution in [0, 0.1) is 5.82 Å². The Kier molecular flexibility index (Phi) is 10.4. The van der Waals surface area contributed by atoms with Crippen LogP contribution in [0.4, 0.5) is 4.39 Å². The zero-order valence-electron chi connectivity index (χ0n) is 12.8. The van der Waals surface area contributed by atoms with Gasteiger partial charge in [0.2, 0.25) is 0 Å². The van der Waals surface area contributed by atoms with Crippen LogP contribution in [-0.2, 0) is 10.2 Å². The fraction of sp³-hybridized carbons (Fsp3) is 0.562. The third-order valence-electron chi connectivity index (χ3n) is 2.57. The second-order valence-electron chi connectivity index (χ2n) is 3.88. The first kappa shape index (κ1) is 19.2. The highest BCUT2D eigenvalue weighted by atomic mass is 19.1. The zero-order valence-corrected chi connectivity index (χ0v) is 12.8. The number of rotatable bonds is 3. The number of carbonyl (C=O) groups is 1. The van der Waals surface area contributed by atoms with Gasteiger partial charge in [0.25, 0.3) is 0 Å². The predicted octanol–water partition coefficient (Wildman–Crippen LogP) is 5.13. The molecule has 0 aromatic heterocycles. The molecule has 0 aliphatic carbocycles. The highest BCUT2D eigenvalue weighted by Crippen LogP contribution is 2.27. The second-order valence-corrected chi connectivity index (χ2v) is 3.88. The topological polar surface area (TPSA) is 17.1 Å². The number of ketones is 1. The molecule has 1 aromatic rings. The minimum Gasteiger partial charge on any atom is -0.299 e. The van der Waals surface area contributed by atoms with Crippen molar-refractivity contribution in [3.63, 3.8) is 0 Å². The summed E-state index contributed by atoms with van der Waals surface area (Å²) in [7, 11) is 0. The Labute approximate surface area is 111 Å². The van der Waals surface area contributed by atoms with Crippen molar-refractivity contribution in [1.82, 2.24) is 0 Å². The van der Waals surface area contributed by atoms with Crippen molar-refractivity contribution in [1.29, 1.82) is 0 Å². The Bertz CT molecular complexity index is 343. The molecule has 0 fully saturated rings. The number of hydrogen-bond donors (Lipinski definition) is 0. The molecule has 0 atom stereocenters. The number of Topliss-reactive ketones (excluding diaryl/α,β-unsaturated/α-hetero) is 1. The molecule has 0 spiro atoms. The van der Waals surface area contributed by atoms with Crippen LogP contribution in [0.2, 0.25) is 0 Å². The van der Waals surface area contributed by atoms with Crippen molar-refractivity contribution in [3.05, 3.63) is 35.6 Å². The molecule has 0 saturated heterocycles. The lowest BCUT2D eigenvalue weighted by Gasteiger charge is -2.23. The van der Waals surface area contributed by atoms with Crippen LogP contribution in [0.3, 0.4) is 0 Å². The van der Waals surface area contributed by atoms with Crippen molar-refractivity contribution >= 4 is 5.78 Å². The quantitative estimate of drug-likeness (QED) is 0.730. The smallest absolute Gasteiger partial charge is 0.142 e. The highest BCUT2D eigenvalue weighted by molar-refractivity contribution is 5.89. The first-order valence-corrected chi connectivity index (χ1v) is 6.78. The van der Waals surface area contributed by atoms with Gasteiger partial charge in [0.15, 0.2) is 0 Å². The third kappa shape index (κ3) is 4.99. The van der Waals surface area contributed by atoms with Gasteiger partial charge in [-0.25, -0.2) is 4.39 Å². The average Bonchev–Trinajstić information content (AvgIpc) is 2.42. The van der Waals surface area contributed by atoms with Gasteiger partial charge in [0.1, 0.15) is 11.6 Å². The van der Waals surface area contributed by atoms with E-state index in [1.54, 1.807) is 39.0 Å². The molecule has 0 saturated carbocycles. The maximum absolute atomic E-state index is 13.4. The van der Waals surface area contributed by atoms with Gasteiger partial charge >= 0.3 is 0 Å². The van der Waals surface area contributed by atoms with Gasteiger partial charge in [0, 0.05) is 12.0 Å². The summed E-state index contributed by atoms with van der Waals surface area (Å²) >= 11 is 0. The molecule has 0 unspecified atom stereocenters. The second kappa shape index (κ2) is 9.81. The predicted molar refractivity (Wildman–Crippen MR) is 77.4 cm³/mol. The SMILES string of the molecule is CC.CC.CCC(=O)C(C)(C)c1ccccc1F. The van der Waals surface area contributed by atoms with E-state index in [0.29, 0.717) is 12.0 Å². The van der Waals surface area contributed by atoms with E-state index in [-0.39, 0.29) is 11.6 Å². The van der Waals surface area contributed by atoms with Gasteiger partial charge in [-0.2, -0.15) is 0 Å². The molecule has 0 heterocycles. The molecule has 2 heteroatoms. The van der Waals surface area contributed by atoms with E-state index in [9.17, 15) is 9.18 Å². The molecule has 1 aromatic carbocycles. The van der Waals surface area contributed by atoms with E-state index in [2.05, 4.69) is 0 Å². The Morgan fingerprint density at radius 3 is 1.94 bits per heavy atom. The average molecular weight is 254 g/mol. The van der Waals surface area contributed by atoms with Crippen LogP contribution in [0.1, 0.15) is 60.5 Å². The van der Waals surface area contributed by atoms with E-state index < -0.39 is 5.41 Å². The van der Waals surface area contributed by atoms with Gasteiger partial charge in [0.05, 0.1) is 5.41 Å². The normalized spacial score (nSPS) is 9.56. The summed E-state index contributed by atoms with van der Waals surface area (Å²) in [5.74, 6) is -0.248. The first-order valence-electron chi connectivity index (χ1n) is 6.78. The van der Waals surface area contributed by atoms with Crippen molar-refractivity contribution in [3.8, 4) is 0 Å². The molecule has 104 valence electrons. The molecule has 1 nitrogen and oxygen atoms in total. The van der Waals surface area contributed by atoms with Gasteiger partial charge in [-0.3, -0.25) is 4.79 Å². The molecule has 18 heavy (non-hydrogen) atoms. The van der Waals surface area contributed by atoms with Crippen molar-refractivity contribution in [2.24, 2.45) is 0 Å². The number of hydrogen-bond acceptors (Lipinski definition) is 1. The fourth-order valence-electron chi connectivity index (χ4n) is 1.56. The van der Waals surface area contributed by atoms with Crippen LogP contribution >= 0.6 is 0 Å². The summed E-state index contributed by atoms with van der Waals surface area (Å²) in [5.41, 5.74) is -0.244. The molecule has 0 amide bonds. The van der Waals surface area contributed by atoms with E-state index in [1.165, 1.54) is 6.07 Å². The lowest BCUT2D eigenvalue weighted by Crippen LogP contribution is -2.29. The van der Waals surface area contributed by atoms with Crippen LogP contribution in [0.25, 0.3) is 0 Å². The molecule has 0 aliphatic rings. The number of carbonyl (C=O) groups excluding carboxylic acids is 1. The lowest BCUT2D eigenvalue weighted by atomic mass is 9.79. The lowest BCUT2D eigenvalue weighted by molar-refractivity contribution is -0.123. The van der Waals surface area contributed by atoms with Crippen LogP contribution in [0.15, 0.2) is 24.3 Å². The maximum atomic E-state index is 13.4. The van der Waals surface area contributed by atoms with Gasteiger partial charge in [-0.15, -0.1) is 0 Å². The summed E-state index contributed by atoms with van der Waals surface area (Å²) < 4.78 is 13.4. The van der Waals surface area contributed by atoms with Crippen molar-refractivity contribution in [2.45, 2.75) is 60.3 Å². The molecule has 0 N–H and O–H groups in total. The Morgan fingerprint density at radius 1 is 1.11 bits per heavy atom. The Hall–Kier alpha value is -1.18. The van der Waals surface area contributed by atoms with Crippen LogP contribution in [-0.4, -0.2) is 5.78 Å². The molecule has 0 radical (unpaired) electrons. The molecular formula is C16H27FO. The first-order chi connectivity index (χ1) is 8.50. The Balaban J connectivity index is 0. The highest BCUT2D eigenvalue weighted by Gasteiger charge is 2.30. The fourth-order valence-corrected chi connectivity index (χ4v) is 1.56. The molecule has 0 aliphatic heterocycles. The number of halogens is 1. The van der Waals surface area contributed by atoms with E-state index in [4.69, 9.17) is 0 Å². The standard InChI is InChI=1S/C12H15FO.2C2H6/c1-4-11(14)12(2,3)9-7-5-6-8-10(9)13;2*1-2/h5-8H,4H2,1-3H3;2*1-2H3. The van der Waals surface area contributed by atoms with Crippen molar-refractivity contribution in [2.75, 3.05) is 0 Å². The van der Waals surface area contributed by atoms with Crippen molar-refractivity contribution < 1.29 is 9.18 Å². The van der Waals surface area contributed by atoms with Crippen LogP contribution < -0.4 is 0 Å². The van der Waals surface area contributed by atoms with E-state index in [0.717, 1.165) is 0 Å². The third-order valence-corrected chi connectivity index (χ3v) is 2.57. The molecule has 1 rings (SSSR count). The largest absolute Gasteiger partial charge is 0.299 e. The van der Waals surface area contributed by atoms with E-state index >= 15 is 0 Å². The van der Waals surface area contributed by atoms with E-state index in [1.807, 2.05) is 27.7 Å². The molecular weight excluding hydrogens is 227 g/mol. The monoisotopic (exact) mass is 254 g/mol. The summed E-state index contributed by atoms with van der Waals surface area (Å²) in [6, 6.07) is 6.44. The summed E-state index contributed by atoms with van der Waals surface area (Å²) in [6.07, 6.45) is 0.432. The summed E-state index contributed by atoms with van der Waals surface area (Å²) in [5, 5.41) is 0. The zero-order chi connectivity index (χ0) is 14.8. The summed E-state index contributed by atoms with van der Waals surface area (Å²) in [4.78, 5) is 11.6. The molecule has 0 bridgehead atoms. The maximum Gasteiger partial charge on any atom is 0.142 e. The van der Waals surface area contributed by atoms with Gasteiger partial charge < -0.3 is 0 Å². The number of benzene rings is 1. The van der Waals surface area contributed by atoms with Gasteiger partial charge in [-0.05, 0) is 19.9 Å². The van der Waals surface area contributed by atoms with Gasteiger partial charge in [-0.1, -0.05) is 52.8 Å². The summed E-state index contributed by atoms with van der Waals surface area (Å²) in [6.45, 7) is 13.3. The minimum atomic E-state index is -0.722. The van der Waals surface area contributed by atoms with Crippen LogP contribution in [0.5, 0.6) is 0 Å². The minimum absolute atomic E-state index is 0.0580. The Morgan fingerprint density at radius 2 is 1.56 bits per heavy atom.